The summed E-state index contributed by atoms with van der Waals surface area (Å²) >= 11 is 0. The molecule has 0 aromatic heterocycles. The molecule has 132 valence electrons. The summed E-state index contributed by atoms with van der Waals surface area (Å²) in [5.41, 5.74) is 7.03. The molecule has 0 amide bonds. The van der Waals surface area contributed by atoms with Gasteiger partial charge < -0.3 is 4.74 Å². The Morgan fingerprint density at radius 2 is 1.04 bits per heavy atom. The minimum Gasteiger partial charge on any atom is -0.495 e. The summed E-state index contributed by atoms with van der Waals surface area (Å²) in [6.07, 6.45) is 0. The summed E-state index contributed by atoms with van der Waals surface area (Å²) in [5.74, 6) is 0.893. The molecule has 2 heteroatoms. The summed E-state index contributed by atoms with van der Waals surface area (Å²) in [6, 6.07) is 33.7. The predicted molar refractivity (Wildman–Crippen MR) is 119 cm³/mol. The molecule has 0 N–H and O–H groups in total. The van der Waals surface area contributed by atoms with E-state index in [1.807, 2.05) is 6.07 Å². The zero-order chi connectivity index (χ0) is 18.6. The van der Waals surface area contributed by atoms with Crippen molar-refractivity contribution in [3.05, 3.63) is 97.1 Å². The van der Waals surface area contributed by atoms with E-state index >= 15 is 0 Å². The van der Waals surface area contributed by atoms with Crippen molar-refractivity contribution < 1.29 is 4.74 Å². The van der Waals surface area contributed by atoms with Crippen molar-refractivity contribution in [2.45, 2.75) is 0 Å². The third-order valence-electron chi connectivity index (χ3n) is 4.72. The van der Waals surface area contributed by atoms with E-state index in [9.17, 15) is 0 Å². The maximum Gasteiger partial charge on any atom is 0.134 e. The van der Waals surface area contributed by atoms with Crippen LogP contribution in [0.1, 0.15) is 0 Å². The molecule has 0 saturated heterocycles. The fraction of sp³-hybridized carbons (Fsp3) is 0.0400. The molecule has 1 atom stereocenters. The van der Waals surface area contributed by atoms with E-state index in [1.165, 1.54) is 22.3 Å². The summed E-state index contributed by atoms with van der Waals surface area (Å²) in [4.78, 5) is 0. The molecule has 4 rings (SSSR count). The van der Waals surface area contributed by atoms with E-state index in [1.54, 1.807) is 7.11 Å². The Labute approximate surface area is 162 Å². The largest absolute Gasteiger partial charge is 0.495 e. The van der Waals surface area contributed by atoms with Gasteiger partial charge >= 0.3 is 0 Å². The van der Waals surface area contributed by atoms with Crippen LogP contribution >= 0.6 is 9.24 Å². The summed E-state index contributed by atoms with van der Waals surface area (Å²) in [6.45, 7) is 0. The Bertz CT molecular complexity index is 1040. The van der Waals surface area contributed by atoms with Crippen LogP contribution in [0.15, 0.2) is 97.1 Å². The monoisotopic (exact) mass is 368 g/mol. The highest BCUT2D eigenvalue weighted by atomic mass is 31.0. The summed E-state index contributed by atoms with van der Waals surface area (Å²) < 4.78 is 5.86. The highest BCUT2D eigenvalue weighted by Crippen LogP contribution is 2.44. The van der Waals surface area contributed by atoms with Gasteiger partial charge in [0.05, 0.1) is 7.11 Å². The standard InChI is InChI=1S/C25H21OP/c1-26-25-22(27)17-21(18-11-5-2-6-12-18)23(19-13-7-3-8-14-19)24(25)20-15-9-4-10-16-20/h2-17H,27H2,1H3. The minimum atomic E-state index is 0.893. The highest BCUT2D eigenvalue weighted by Gasteiger charge is 2.20. The second-order valence-corrected chi connectivity index (χ2v) is 7.02. The fourth-order valence-electron chi connectivity index (χ4n) is 3.54. The molecule has 0 aliphatic heterocycles. The van der Waals surface area contributed by atoms with Crippen LogP contribution < -0.4 is 10.0 Å². The van der Waals surface area contributed by atoms with E-state index in [0.717, 1.165) is 22.2 Å². The van der Waals surface area contributed by atoms with Gasteiger partial charge in [0.25, 0.3) is 0 Å². The third kappa shape index (κ3) is 3.39. The lowest BCUT2D eigenvalue weighted by Gasteiger charge is -2.21. The molecule has 0 radical (unpaired) electrons. The average Bonchev–Trinajstić information content (AvgIpc) is 2.75. The molecule has 0 heterocycles. The molecule has 0 aliphatic rings. The molecule has 4 aromatic rings. The van der Waals surface area contributed by atoms with E-state index < -0.39 is 0 Å². The first-order valence-electron chi connectivity index (χ1n) is 8.96. The SMILES string of the molecule is COc1c(P)cc(-c2ccccc2)c(-c2ccccc2)c1-c1ccccc1. The lowest BCUT2D eigenvalue weighted by Crippen LogP contribution is -2.05. The maximum atomic E-state index is 5.86. The fourth-order valence-corrected chi connectivity index (χ4v) is 3.96. The molecular formula is C25H21OP. The predicted octanol–water partition coefficient (Wildman–Crippen LogP) is 6.20. The summed E-state index contributed by atoms with van der Waals surface area (Å²) in [7, 11) is 4.58. The zero-order valence-electron chi connectivity index (χ0n) is 15.2. The van der Waals surface area contributed by atoms with Gasteiger partial charge in [-0.25, -0.2) is 0 Å². The Balaban J connectivity index is 2.14. The van der Waals surface area contributed by atoms with E-state index in [2.05, 4.69) is 100 Å². The molecule has 0 aliphatic carbocycles. The Kier molecular flexibility index (Phi) is 5.05. The molecule has 0 spiro atoms. The maximum absolute atomic E-state index is 5.86. The van der Waals surface area contributed by atoms with E-state index in [-0.39, 0.29) is 0 Å². The van der Waals surface area contributed by atoms with E-state index in [0.29, 0.717) is 0 Å². The molecule has 0 saturated carbocycles. The Morgan fingerprint density at radius 3 is 1.52 bits per heavy atom. The number of hydrogen-bond donors (Lipinski definition) is 0. The molecule has 1 unspecified atom stereocenters. The minimum absolute atomic E-state index is 0.893. The van der Waals surface area contributed by atoms with E-state index in [4.69, 9.17) is 4.74 Å². The highest BCUT2D eigenvalue weighted by molar-refractivity contribution is 7.27. The average molecular weight is 368 g/mol. The van der Waals surface area contributed by atoms with Gasteiger partial charge in [0.2, 0.25) is 0 Å². The molecule has 4 aromatic carbocycles. The number of ether oxygens (including phenoxy) is 1. The van der Waals surface area contributed by atoms with Crippen LogP contribution in [0.3, 0.4) is 0 Å². The van der Waals surface area contributed by atoms with Crippen LogP contribution in [0.4, 0.5) is 0 Å². The van der Waals surface area contributed by atoms with Crippen molar-refractivity contribution in [2.75, 3.05) is 7.11 Å². The third-order valence-corrected chi connectivity index (χ3v) is 5.15. The number of methoxy groups -OCH3 is 1. The Morgan fingerprint density at radius 1 is 0.593 bits per heavy atom. The normalized spacial score (nSPS) is 10.6. The topological polar surface area (TPSA) is 9.23 Å². The van der Waals surface area contributed by atoms with Gasteiger partial charge in [-0.15, -0.1) is 9.24 Å². The van der Waals surface area contributed by atoms with Gasteiger partial charge in [0.1, 0.15) is 5.75 Å². The lowest BCUT2D eigenvalue weighted by atomic mass is 9.87. The van der Waals surface area contributed by atoms with Crippen molar-refractivity contribution in [2.24, 2.45) is 0 Å². The molecule has 0 fully saturated rings. The lowest BCUT2D eigenvalue weighted by molar-refractivity contribution is 0.420. The van der Waals surface area contributed by atoms with Gasteiger partial charge in [0, 0.05) is 16.4 Å². The van der Waals surface area contributed by atoms with Crippen molar-refractivity contribution in [1.29, 1.82) is 0 Å². The summed E-state index contributed by atoms with van der Waals surface area (Å²) in [5, 5.41) is 1.05. The van der Waals surface area contributed by atoms with Crippen molar-refractivity contribution in [1.82, 2.24) is 0 Å². The quantitative estimate of drug-likeness (QED) is 0.390. The smallest absolute Gasteiger partial charge is 0.134 e. The molecular weight excluding hydrogens is 347 g/mol. The van der Waals surface area contributed by atoms with Gasteiger partial charge in [-0.2, -0.15) is 0 Å². The van der Waals surface area contributed by atoms with Crippen LogP contribution in [0.25, 0.3) is 33.4 Å². The van der Waals surface area contributed by atoms with Crippen LogP contribution in [0.2, 0.25) is 0 Å². The number of benzene rings is 4. The zero-order valence-corrected chi connectivity index (χ0v) is 16.4. The second-order valence-electron chi connectivity index (χ2n) is 6.39. The first-order chi connectivity index (χ1) is 13.3. The van der Waals surface area contributed by atoms with Gasteiger partial charge in [-0.3, -0.25) is 0 Å². The van der Waals surface area contributed by atoms with Crippen LogP contribution in [0.5, 0.6) is 5.75 Å². The Hall–Kier alpha value is -2.89. The van der Waals surface area contributed by atoms with Crippen LogP contribution in [-0.4, -0.2) is 7.11 Å². The van der Waals surface area contributed by atoms with Gasteiger partial charge in [-0.1, -0.05) is 91.0 Å². The molecule has 1 nitrogen and oxygen atoms in total. The van der Waals surface area contributed by atoms with Crippen LogP contribution in [0, 0.1) is 0 Å². The molecule has 27 heavy (non-hydrogen) atoms. The first kappa shape index (κ1) is 17.5. The van der Waals surface area contributed by atoms with Crippen LogP contribution in [-0.2, 0) is 0 Å². The number of rotatable bonds is 4. The van der Waals surface area contributed by atoms with Gasteiger partial charge in [-0.05, 0) is 28.3 Å². The van der Waals surface area contributed by atoms with Crippen molar-refractivity contribution in [3.63, 3.8) is 0 Å². The molecule has 0 bridgehead atoms. The second kappa shape index (κ2) is 7.78. The van der Waals surface area contributed by atoms with Crippen molar-refractivity contribution in [3.8, 4) is 39.1 Å². The number of hydrogen-bond acceptors (Lipinski definition) is 1. The van der Waals surface area contributed by atoms with Crippen molar-refractivity contribution >= 4 is 14.5 Å². The first-order valence-corrected chi connectivity index (χ1v) is 9.54. The van der Waals surface area contributed by atoms with Gasteiger partial charge in [0.15, 0.2) is 0 Å².